The van der Waals surface area contributed by atoms with E-state index in [-0.39, 0.29) is 11.6 Å². The van der Waals surface area contributed by atoms with Gasteiger partial charge >= 0.3 is 0 Å². The number of fused-ring (bicyclic) bond motifs is 1. The molecule has 0 aliphatic carbocycles. The fourth-order valence-corrected chi connectivity index (χ4v) is 6.38. The molecule has 3 fully saturated rings. The lowest BCUT2D eigenvalue weighted by Gasteiger charge is -2.48. The van der Waals surface area contributed by atoms with E-state index >= 15 is 0 Å². The summed E-state index contributed by atoms with van der Waals surface area (Å²) in [4.78, 5) is 4.92. The summed E-state index contributed by atoms with van der Waals surface area (Å²) in [5, 5.41) is 0. The topological polar surface area (TPSA) is 66.6 Å². The van der Waals surface area contributed by atoms with Gasteiger partial charge in [-0.25, -0.2) is 8.42 Å². The summed E-state index contributed by atoms with van der Waals surface area (Å²) in [6, 6.07) is 0.681. The number of likely N-dealkylation sites (N-methyl/N-ethyl adjacent to an activating group) is 1. The van der Waals surface area contributed by atoms with Crippen molar-refractivity contribution in [1.29, 1.82) is 0 Å². The van der Waals surface area contributed by atoms with Gasteiger partial charge < -0.3 is 5.73 Å². The molecule has 0 spiro atoms. The fourth-order valence-electron chi connectivity index (χ4n) is 4.61. The summed E-state index contributed by atoms with van der Waals surface area (Å²) in [7, 11) is -0.723. The Morgan fingerprint density at radius 3 is 2.75 bits per heavy atom. The Hall–Kier alpha value is -0.170. The van der Waals surface area contributed by atoms with Crippen LogP contribution in [0.4, 0.5) is 0 Å². The number of hydrogen-bond acceptors (Lipinski definition) is 5. The van der Waals surface area contributed by atoms with Crippen LogP contribution < -0.4 is 5.73 Å². The van der Waals surface area contributed by atoms with Gasteiger partial charge in [0, 0.05) is 30.7 Å². The maximum absolute atomic E-state index is 11.8. The van der Waals surface area contributed by atoms with Crippen molar-refractivity contribution in [2.45, 2.75) is 49.7 Å². The Morgan fingerprint density at radius 1 is 1.30 bits per heavy atom. The first-order valence-electron chi connectivity index (χ1n) is 7.86. The Kier molecular flexibility index (Phi) is 3.86. The van der Waals surface area contributed by atoms with Crippen LogP contribution in [-0.4, -0.2) is 74.0 Å². The molecule has 3 unspecified atom stereocenters. The Bertz CT molecular complexity index is 467. The van der Waals surface area contributed by atoms with E-state index in [0.717, 1.165) is 19.4 Å². The minimum atomic E-state index is -2.83. The molecule has 0 saturated carbocycles. The van der Waals surface area contributed by atoms with Crippen LogP contribution in [0.15, 0.2) is 0 Å². The second-order valence-corrected chi connectivity index (χ2v) is 9.00. The van der Waals surface area contributed by atoms with Crippen molar-refractivity contribution in [3.63, 3.8) is 0 Å². The summed E-state index contributed by atoms with van der Waals surface area (Å²) < 4.78 is 23.5. The van der Waals surface area contributed by atoms with Crippen molar-refractivity contribution in [2.24, 2.45) is 5.73 Å². The van der Waals surface area contributed by atoms with Gasteiger partial charge in [-0.3, -0.25) is 9.80 Å². The van der Waals surface area contributed by atoms with Crippen LogP contribution in [0.3, 0.4) is 0 Å². The Balaban J connectivity index is 1.82. The van der Waals surface area contributed by atoms with Gasteiger partial charge in [-0.2, -0.15) is 0 Å². The molecule has 20 heavy (non-hydrogen) atoms. The summed E-state index contributed by atoms with van der Waals surface area (Å²) in [5.74, 6) is 0.662. The van der Waals surface area contributed by atoms with Crippen molar-refractivity contribution in [3.8, 4) is 0 Å². The van der Waals surface area contributed by atoms with Crippen LogP contribution >= 0.6 is 0 Å². The molecular weight excluding hydrogens is 274 g/mol. The zero-order valence-corrected chi connectivity index (χ0v) is 13.2. The molecule has 0 aromatic carbocycles. The standard InChI is InChI=1S/C14H27N3O2S/c1-16(12-5-9-20(18,19)10-12)14(11-15)6-8-17-7-3-2-4-13(14)17/h12-13H,2-11,15H2,1H3. The number of rotatable bonds is 3. The lowest BCUT2D eigenvalue weighted by Crippen LogP contribution is -2.63. The minimum Gasteiger partial charge on any atom is -0.329 e. The number of hydrogen-bond donors (Lipinski definition) is 1. The third-order valence-electron chi connectivity index (χ3n) is 5.88. The van der Waals surface area contributed by atoms with Gasteiger partial charge in [0.2, 0.25) is 0 Å². The van der Waals surface area contributed by atoms with Crippen LogP contribution in [0.25, 0.3) is 0 Å². The largest absolute Gasteiger partial charge is 0.329 e. The number of sulfone groups is 1. The van der Waals surface area contributed by atoms with Gasteiger partial charge in [0.15, 0.2) is 9.84 Å². The molecular formula is C14H27N3O2S. The third kappa shape index (κ3) is 2.30. The predicted molar refractivity (Wildman–Crippen MR) is 80.4 cm³/mol. The van der Waals surface area contributed by atoms with Crippen molar-refractivity contribution in [1.82, 2.24) is 9.80 Å². The first kappa shape index (κ1) is 14.8. The highest BCUT2D eigenvalue weighted by Gasteiger charge is 2.52. The van der Waals surface area contributed by atoms with Crippen LogP contribution in [0, 0.1) is 0 Å². The molecule has 5 nitrogen and oxygen atoms in total. The minimum absolute atomic E-state index is 0.00898. The third-order valence-corrected chi connectivity index (χ3v) is 7.63. The SMILES string of the molecule is CN(C1CCS(=O)(=O)C1)C1(CN)CCN2CCCCC21. The van der Waals surface area contributed by atoms with E-state index in [9.17, 15) is 8.42 Å². The van der Waals surface area contributed by atoms with Crippen molar-refractivity contribution in [3.05, 3.63) is 0 Å². The molecule has 2 N–H and O–H groups in total. The number of nitrogens with zero attached hydrogens (tertiary/aromatic N) is 2. The predicted octanol–water partition coefficient (Wildman–Crippen LogP) is 0.0610. The molecule has 3 rings (SSSR count). The van der Waals surface area contributed by atoms with E-state index in [1.807, 2.05) is 0 Å². The van der Waals surface area contributed by atoms with Gasteiger partial charge in [-0.1, -0.05) is 6.42 Å². The highest BCUT2D eigenvalue weighted by Crippen LogP contribution is 2.40. The summed E-state index contributed by atoms with van der Waals surface area (Å²) >= 11 is 0. The maximum Gasteiger partial charge on any atom is 0.151 e. The summed E-state index contributed by atoms with van der Waals surface area (Å²) in [6.07, 6.45) is 5.63. The van der Waals surface area contributed by atoms with Crippen LogP contribution in [0.5, 0.6) is 0 Å². The first-order valence-corrected chi connectivity index (χ1v) is 9.68. The van der Waals surface area contributed by atoms with Crippen molar-refractivity contribution < 1.29 is 8.42 Å². The van der Waals surface area contributed by atoms with E-state index in [1.54, 1.807) is 0 Å². The highest BCUT2D eigenvalue weighted by molar-refractivity contribution is 7.91. The molecule has 0 amide bonds. The molecule has 0 bridgehead atoms. The summed E-state index contributed by atoms with van der Waals surface area (Å²) in [6.45, 7) is 2.94. The molecule has 0 radical (unpaired) electrons. The fraction of sp³-hybridized carbons (Fsp3) is 1.00. The molecule has 0 aromatic rings. The normalized spacial score (nSPS) is 41.1. The maximum atomic E-state index is 11.8. The second-order valence-electron chi connectivity index (χ2n) is 6.77. The van der Waals surface area contributed by atoms with E-state index in [1.165, 1.54) is 25.8 Å². The van der Waals surface area contributed by atoms with Gasteiger partial charge in [0.1, 0.15) is 0 Å². The highest BCUT2D eigenvalue weighted by atomic mass is 32.2. The van der Waals surface area contributed by atoms with Gasteiger partial charge in [0.25, 0.3) is 0 Å². The lowest BCUT2D eigenvalue weighted by atomic mass is 9.83. The molecule has 3 saturated heterocycles. The molecule has 3 atom stereocenters. The number of piperidine rings is 1. The van der Waals surface area contributed by atoms with Crippen LogP contribution in [0.2, 0.25) is 0 Å². The quantitative estimate of drug-likeness (QED) is 0.798. The van der Waals surface area contributed by atoms with E-state index in [2.05, 4.69) is 16.8 Å². The monoisotopic (exact) mass is 301 g/mol. The smallest absolute Gasteiger partial charge is 0.151 e. The number of nitrogens with two attached hydrogens (primary N) is 1. The van der Waals surface area contributed by atoms with Crippen molar-refractivity contribution >= 4 is 9.84 Å². The molecule has 3 aliphatic rings. The van der Waals surface area contributed by atoms with Crippen molar-refractivity contribution in [2.75, 3.05) is 38.2 Å². The van der Waals surface area contributed by atoms with Gasteiger partial charge in [-0.05, 0) is 39.3 Å². The average molecular weight is 301 g/mol. The van der Waals surface area contributed by atoms with E-state index in [0.29, 0.717) is 24.1 Å². The first-order chi connectivity index (χ1) is 9.48. The zero-order chi connectivity index (χ0) is 14.4. The van der Waals surface area contributed by atoms with Gasteiger partial charge in [0.05, 0.1) is 11.5 Å². The van der Waals surface area contributed by atoms with E-state index < -0.39 is 9.84 Å². The lowest BCUT2D eigenvalue weighted by molar-refractivity contribution is 0.0335. The van der Waals surface area contributed by atoms with Crippen LogP contribution in [-0.2, 0) is 9.84 Å². The molecule has 3 heterocycles. The van der Waals surface area contributed by atoms with E-state index in [4.69, 9.17) is 5.73 Å². The Morgan fingerprint density at radius 2 is 2.10 bits per heavy atom. The Labute approximate surface area is 122 Å². The molecule has 0 aromatic heterocycles. The molecule has 3 aliphatic heterocycles. The summed E-state index contributed by atoms with van der Waals surface area (Å²) in [5.41, 5.74) is 6.19. The van der Waals surface area contributed by atoms with Crippen LogP contribution in [0.1, 0.15) is 32.1 Å². The second kappa shape index (κ2) is 5.23. The molecule has 6 heteroatoms. The van der Waals surface area contributed by atoms with Gasteiger partial charge in [-0.15, -0.1) is 0 Å². The average Bonchev–Trinajstić information content (AvgIpc) is 2.99. The molecule has 116 valence electrons. The zero-order valence-electron chi connectivity index (χ0n) is 12.4.